The van der Waals surface area contributed by atoms with Crippen LogP contribution in [0.25, 0.3) is 0 Å². The first kappa shape index (κ1) is 12.7. The molecule has 0 bridgehead atoms. The lowest BCUT2D eigenvalue weighted by molar-refractivity contribution is 0.211. The molecule has 0 heterocycles. The minimum Gasteiger partial charge on any atom is -0.396 e. The normalized spacial score (nSPS) is 32.2. The summed E-state index contributed by atoms with van der Waals surface area (Å²) < 4.78 is 22.6. The van der Waals surface area contributed by atoms with Crippen LogP contribution in [0.3, 0.4) is 0 Å². The zero-order valence-electron chi connectivity index (χ0n) is 8.94. The van der Waals surface area contributed by atoms with Crippen LogP contribution in [0.15, 0.2) is 12.2 Å². The maximum absolute atomic E-state index is 11.9. The standard InChI is InChI=1S/C10H18O4S/c1-3-15(13,14)10(7-12)5-9(6-11)4-8(10)2/h9,11-12H,2-7H2,1H3/t9-,10+/m0/s1. The zero-order chi connectivity index (χ0) is 11.7. The molecule has 1 aliphatic rings. The Morgan fingerprint density at radius 1 is 1.53 bits per heavy atom. The molecule has 5 heteroatoms. The van der Waals surface area contributed by atoms with E-state index in [4.69, 9.17) is 5.11 Å². The highest BCUT2D eigenvalue weighted by Crippen LogP contribution is 2.43. The molecule has 1 fully saturated rings. The molecule has 1 rings (SSSR count). The highest BCUT2D eigenvalue weighted by Gasteiger charge is 2.50. The fourth-order valence-electron chi connectivity index (χ4n) is 2.24. The lowest BCUT2D eigenvalue weighted by Crippen LogP contribution is -2.42. The maximum Gasteiger partial charge on any atom is 0.161 e. The summed E-state index contributed by atoms with van der Waals surface area (Å²) in [5.74, 6) is -0.101. The van der Waals surface area contributed by atoms with Crippen molar-refractivity contribution in [1.29, 1.82) is 0 Å². The number of rotatable bonds is 4. The van der Waals surface area contributed by atoms with Crippen LogP contribution in [-0.4, -0.2) is 42.3 Å². The molecule has 88 valence electrons. The summed E-state index contributed by atoms with van der Waals surface area (Å²) in [6.45, 7) is 4.81. The van der Waals surface area contributed by atoms with E-state index in [1.807, 2.05) is 0 Å². The van der Waals surface area contributed by atoms with Crippen molar-refractivity contribution in [2.24, 2.45) is 5.92 Å². The molecule has 0 saturated heterocycles. The minimum atomic E-state index is -3.36. The van der Waals surface area contributed by atoms with Gasteiger partial charge in [0, 0.05) is 12.4 Å². The third-order valence-electron chi connectivity index (χ3n) is 3.29. The largest absolute Gasteiger partial charge is 0.396 e. The van der Waals surface area contributed by atoms with Crippen molar-refractivity contribution in [1.82, 2.24) is 0 Å². The van der Waals surface area contributed by atoms with E-state index in [0.29, 0.717) is 12.0 Å². The van der Waals surface area contributed by atoms with Crippen LogP contribution in [-0.2, 0) is 9.84 Å². The van der Waals surface area contributed by atoms with E-state index in [1.165, 1.54) is 0 Å². The van der Waals surface area contributed by atoms with Gasteiger partial charge in [-0.15, -0.1) is 0 Å². The van der Waals surface area contributed by atoms with E-state index in [2.05, 4.69) is 6.58 Å². The number of hydrogen-bond acceptors (Lipinski definition) is 4. The summed E-state index contributed by atoms with van der Waals surface area (Å²) in [7, 11) is -3.36. The smallest absolute Gasteiger partial charge is 0.161 e. The first-order valence-corrected chi connectivity index (χ1v) is 6.71. The average Bonchev–Trinajstić information content (AvgIpc) is 2.56. The van der Waals surface area contributed by atoms with E-state index in [-0.39, 0.29) is 24.7 Å². The maximum atomic E-state index is 11.9. The van der Waals surface area contributed by atoms with Crippen LogP contribution in [0.1, 0.15) is 19.8 Å². The van der Waals surface area contributed by atoms with Gasteiger partial charge in [-0.25, -0.2) is 8.42 Å². The van der Waals surface area contributed by atoms with Gasteiger partial charge in [0.1, 0.15) is 4.75 Å². The van der Waals surface area contributed by atoms with Crippen LogP contribution in [0.2, 0.25) is 0 Å². The molecular weight excluding hydrogens is 216 g/mol. The van der Waals surface area contributed by atoms with Gasteiger partial charge >= 0.3 is 0 Å². The summed E-state index contributed by atoms with van der Waals surface area (Å²) in [5.41, 5.74) is 0.533. The molecule has 0 amide bonds. The molecule has 4 nitrogen and oxygen atoms in total. The van der Waals surface area contributed by atoms with Crippen molar-refractivity contribution in [3.05, 3.63) is 12.2 Å². The van der Waals surface area contributed by atoms with Crippen molar-refractivity contribution in [3.8, 4) is 0 Å². The van der Waals surface area contributed by atoms with Crippen LogP contribution in [0.5, 0.6) is 0 Å². The Hall–Kier alpha value is -0.390. The molecular formula is C10H18O4S. The van der Waals surface area contributed by atoms with E-state index in [9.17, 15) is 13.5 Å². The second kappa shape index (κ2) is 4.23. The molecule has 1 aliphatic carbocycles. The zero-order valence-corrected chi connectivity index (χ0v) is 9.76. The molecule has 0 spiro atoms. The van der Waals surface area contributed by atoms with E-state index < -0.39 is 21.2 Å². The van der Waals surface area contributed by atoms with E-state index in [1.54, 1.807) is 6.92 Å². The van der Waals surface area contributed by atoms with Crippen molar-refractivity contribution >= 4 is 9.84 Å². The minimum absolute atomic E-state index is 0.00920. The molecule has 0 aliphatic heterocycles. The van der Waals surface area contributed by atoms with Crippen molar-refractivity contribution in [2.45, 2.75) is 24.5 Å². The van der Waals surface area contributed by atoms with Crippen LogP contribution >= 0.6 is 0 Å². The van der Waals surface area contributed by atoms with Crippen LogP contribution in [0.4, 0.5) is 0 Å². The topological polar surface area (TPSA) is 74.6 Å². The Morgan fingerprint density at radius 3 is 2.47 bits per heavy atom. The van der Waals surface area contributed by atoms with Gasteiger partial charge in [-0.05, 0) is 18.8 Å². The summed E-state index contributed by atoms with van der Waals surface area (Å²) >= 11 is 0. The second-order valence-electron chi connectivity index (χ2n) is 4.12. The lowest BCUT2D eigenvalue weighted by Gasteiger charge is -2.27. The van der Waals surface area contributed by atoms with E-state index >= 15 is 0 Å². The number of sulfone groups is 1. The summed E-state index contributed by atoms with van der Waals surface area (Å²) in [6.07, 6.45) is 0.769. The van der Waals surface area contributed by atoms with Crippen molar-refractivity contribution in [3.63, 3.8) is 0 Å². The predicted molar refractivity (Wildman–Crippen MR) is 58.2 cm³/mol. The van der Waals surface area contributed by atoms with Gasteiger partial charge in [-0.2, -0.15) is 0 Å². The molecule has 2 atom stereocenters. The number of aliphatic hydroxyl groups is 2. The fraction of sp³-hybridized carbons (Fsp3) is 0.800. The van der Waals surface area contributed by atoms with Gasteiger partial charge < -0.3 is 10.2 Å². The Labute approximate surface area is 90.5 Å². The third kappa shape index (κ3) is 1.84. The Morgan fingerprint density at radius 2 is 2.13 bits per heavy atom. The monoisotopic (exact) mass is 234 g/mol. The van der Waals surface area contributed by atoms with Gasteiger partial charge in [0.15, 0.2) is 9.84 Å². The Bertz CT molecular complexity index is 346. The highest BCUT2D eigenvalue weighted by molar-refractivity contribution is 7.93. The number of aliphatic hydroxyl groups excluding tert-OH is 2. The van der Waals surface area contributed by atoms with Gasteiger partial charge in [0.05, 0.1) is 6.61 Å². The molecule has 2 N–H and O–H groups in total. The van der Waals surface area contributed by atoms with Crippen LogP contribution in [0, 0.1) is 5.92 Å². The van der Waals surface area contributed by atoms with Crippen molar-refractivity contribution < 1.29 is 18.6 Å². The van der Waals surface area contributed by atoms with Crippen molar-refractivity contribution in [2.75, 3.05) is 19.0 Å². The molecule has 0 aromatic rings. The SMILES string of the molecule is C=C1C[C@H](CO)C[C@]1(CO)S(=O)(=O)CC. The average molecular weight is 234 g/mol. The van der Waals surface area contributed by atoms with E-state index in [0.717, 1.165) is 0 Å². The fourth-order valence-corrected chi connectivity index (χ4v) is 4.01. The molecule has 15 heavy (non-hydrogen) atoms. The molecule has 0 radical (unpaired) electrons. The summed E-state index contributed by atoms with van der Waals surface area (Å²) in [4.78, 5) is 0. The quantitative estimate of drug-likeness (QED) is 0.677. The number of hydrogen-bond donors (Lipinski definition) is 2. The van der Waals surface area contributed by atoms with Gasteiger partial charge in [0.25, 0.3) is 0 Å². The van der Waals surface area contributed by atoms with Gasteiger partial charge in [0.2, 0.25) is 0 Å². The van der Waals surface area contributed by atoms with Gasteiger partial charge in [-0.1, -0.05) is 19.1 Å². The highest BCUT2D eigenvalue weighted by atomic mass is 32.2. The lowest BCUT2D eigenvalue weighted by atomic mass is 10.0. The molecule has 0 aromatic heterocycles. The summed E-state index contributed by atoms with van der Waals surface area (Å²) in [6, 6.07) is 0. The first-order chi connectivity index (χ1) is 6.93. The third-order valence-corrected chi connectivity index (χ3v) is 5.82. The summed E-state index contributed by atoms with van der Waals surface area (Å²) in [5, 5.41) is 18.4. The molecule has 0 unspecified atom stereocenters. The Balaban J connectivity index is 3.12. The van der Waals surface area contributed by atoms with Gasteiger partial charge in [-0.3, -0.25) is 0 Å². The van der Waals surface area contributed by atoms with Crippen LogP contribution < -0.4 is 0 Å². The molecule has 0 aromatic carbocycles. The predicted octanol–water partition coefficient (Wildman–Crippen LogP) is 0.111. The molecule has 1 saturated carbocycles. The second-order valence-corrected chi connectivity index (χ2v) is 6.70. The Kier molecular flexibility index (Phi) is 3.58. The first-order valence-electron chi connectivity index (χ1n) is 5.05.